The second-order valence-electron chi connectivity index (χ2n) is 3.40. The van der Waals surface area contributed by atoms with E-state index in [1.54, 1.807) is 0 Å². The molecule has 6 heteroatoms. The van der Waals surface area contributed by atoms with Crippen molar-refractivity contribution in [2.24, 2.45) is 0 Å². The molecule has 0 radical (unpaired) electrons. The van der Waals surface area contributed by atoms with E-state index in [4.69, 9.17) is 0 Å². The minimum Gasteiger partial charge on any atom is -0.330 e. The van der Waals surface area contributed by atoms with Crippen LogP contribution >= 0.6 is 0 Å². The van der Waals surface area contributed by atoms with E-state index in [9.17, 15) is 18.0 Å². The number of carbonyl (C=O) groups is 1. The van der Waals surface area contributed by atoms with Crippen LogP contribution in [-0.2, 0) is 4.79 Å². The van der Waals surface area contributed by atoms with Crippen molar-refractivity contribution in [2.45, 2.75) is 6.18 Å². The molecule has 0 spiro atoms. The summed E-state index contributed by atoms with van der Waals surface area (Å²) in [6, 6.07) is 0. The Balaban J connectivity index is 4.08. The first-order chi connectivity index (χ1) is 6.75. The molecular formula is C9H14F3N2O+. The molecule has 0 fully saturated rings. The second-order valence-corrected chi connectivity index (χ2v) is 3.40. The van der Waals surface area contributed by atoms with Crippen LogP contribution in [0, 0.1) is 11.8 Å². The molecule has 0 aliphatic heterocycles. The number of hydrogen-bond acceptors (Lipinski definition) is 1. The Kier molecular flexibility index (Phi) is 5.15. The van der Waals surface area contributed by atoms with Gasteiger partial charge in [-0.1, -0.05) is 5.92 Å². The number of alkyl halides is 3. The zero-order chi connectivity index (χ0) is 12.1. The maximum atomic E-state index is 11.9. The zero-order valence-corrected chi connectivity index (χ0v) is 8.90. The fourth-order valence-corrected chi connectivity index (χ4v) is 0.702. The number of nitrogens with one attached hydrogen (secondary N) is 1. The summed E-state index contributed by atoms with van der Waals surface area (Å²) in [6.07, 6.45) is -4.82. The Bertz CT molecular complexity index is 275. The highest BCUT2D eigenvalue weighted by Gasteiger charge is 2.40. The lowest BCUT2D eigenvalue weighted by Crippen LogP contribution is -3.05. The lowest BCUT2D eigenvalue weighted by molar-refractivity contribution is -0.850. The summed E-state index contributed by atoms with van der Waals surface area (Å²) < 4.78 is 35.7. The molecule has 0 aliphatic carbocycles. The number of hydrogen-bond donors (Lipinski definition) is 1. The topological polar surface area (TPSA) is 24.8 Å². The molecule has 0 unspecified atom stereocenters. The van der Waals surface area contributed by atoms with Gasteiger partial charge in [0.1, 0.15) is 6.54 Å². The largest absolute Gasteiger partial charge is 0.471 e. The molecule has 0 saturated carbocycles. The first-order valence-corrected chi connectivity index (χ1v) is 4.32. The van der Waals surface area contributed by atoms with Crippen LogP contribution in [0.1, 0.15) is 0 Å². The third kappa shape index (κ3) is 5.96. The highest BCUT2D eigenvalue weighted by Crippen LogP contribution is 2.16. The summed E-state index contributed by atoms with van der Waals surface area (Å²) in [6.45, 7) is 0.333. The van der Waals surface area contributed by atoms with Gasteiger partial charge >= 0.3 is 12.1 Å². The van der Waals surface area contributed by atoms with Crippen LogP contribution in [0.15, 0.2) is 0 Å². The first-order valence-electron chi connectivity index (χ1n) is 4.32. The molecular weight excluding hydrogens is 209 g/mol. The number of quaternary nitrogens is 1. The van der Waals surface area contributed by atoms with Crippen LogP contribution in [0.25, 0.3) is 0 Å². The van der Waals surface area contributed by atoms with Crippen molar-refractivity contribution in [2.75, 3.05) is 34.2 Å². The monoisotopic (exact) mass is 223 g/mol. The fraction of sp³-hybridized carbons (Fsp3) is 0.667. The fourth-order valence-electron chi connectivity index (χ4n) is 0.702. The summed E-state index contributed by atoms with van der Waals surface area (Å²) in [5.74, 6) is 3.31. The normalized spacial score (nSPS) is 10.9. The molecule has 86 valence electrons. The van der Waals surface area contributed by atoms with E-state index < -0.39 is 12.1 Å². The Morgan fingerprint density at radius 3 is 2.27 bits per heavy atom. The summed E-state index contributed by atoms with van der Waals surface area (Å²) >= 11 is 0. The summed E-state index contributed by atoms with van der Waals surface area (Å²) in [5.41, 5.74) is 0. The van der Waals surface area contributed by atoms with Crippen molar-refractivity contribution < 1.29 is 22.9 Å². The number of rotatable bonds is 2. The van der Waals surface area contributed by atoms with Gasteiger partial charge in [0.2, 0.25) is 0 Å². The molecule has 1 amide bonds. The standard InChI is InChI=1S/C9H13F3N2O/c1-13(2)6-4-5-7-14(3)8(15)9(10,11)12/h6-7H2,1-3H3/p+1. The van der Waals surface area contributed by atoms with E-state index in [-0.39, 0.29) is 6.54 Å². The summed E-state index contributed by atoms with van der Waals surface area (Å²) in [7, 11) is 4.82. The van der Waals surface area contributed by atoms with Gasteiger partial charge < -0.3 is 9.80 Å². The number of nitrogens with zero attached hydrogens (tertiary/aromatic N) is 1. The van der Waals surface area contributed by atoms with E-state index in [0.29, 0.717) is 11.4 Å². The van der Waals surface area contributed by atoms with Gasteiger partial charge in [0.15, 0.2) is 0 Å². The Morgan fingerprint density at radius 2 is 1.87 bits per heavy atom. The van der Waals surface area contributed by atoms with Crippen LogP contribution in [0.4, 0.5) is 13.2 Å². The Labute approximate surface area is 86.8 Å². The first kappa shape index (κ1) is 13.8. The molecule has 15 heavy (non-hydrogen) atoms. The van der Waals surface area contributed by atoms with Crippen LogP contribution in [0.2, 0.25) is 0 Å². The van der Waals surface area contributed by atoms with Gasteiger partial charge in [-0.2, -0.15) is 13.2 Å². The highest BCUT2D eigenvalue weighted by atomic mass is 19.4. The van der Waals surface area contributed by atoms with Gasteiger partial charge in [-0.25, -0.2) is 0 Å². The molecule has 1 N–H and O–H groups in total. The van der Waals surface area contributed by atoms with Crippen molar-refractivity contribution >= 4 is 5.91 Å². The van der Waals surface area contributed by atoms with Gasteiger partial charge in [0, 0.05) is 7.05 Å². The maximum Gasteiger partial charge on any atom is 0.471 e. The predicted molar refractivity (Wildman–Crippen MR) is 49.1 cm³/mol. The molecule has 0 aromatic heterocycles. The molecule has 0 bridgehead atoms. The minimum absolute atomic E-state index is 0.203. The van der Waals surface area contributed by atoms with Crippen LogP contribution < -0.4 is 4.90 Å². The molecule has 0 atom stereocenters. The zero-order valence-electron chi connectivity index (χ0n) is 8.90. The van der Waals surface area contributed by atoms with Crippen molar-refractivity contribution in [3.8, 4) is 11.8 Å². The predicted octanol–water partition coefficient (Wildman–Crippen LogP) is -0.845. The molecule has 0 saturated heterocycles. The third-order valence-corrected chi connectivity index (χ3v) is 1.47. The number of halogens is 3. The molecule has 3 nitrogen and oxygen atoms in total. The average molecular weight is 223 g/mol. The van der Waals surface area contributed by atoms with Gasteiger partial charge in [0.05, 0.1) is 20.6 Å². The quantitative estimate of drug-likeness (QED) is 0.606. The maximum absolute atomic E-state index is 11.9. The minimum atomic E-state index is -4.82. The highest BCUT2D eigenvalue weighted by molar-refractivity contribution is 5.81. The van der Waals surface area contributed by atoms with Gasteiger partial charge in [-0.15, -0.1) is 0 Å². The van der Waals surface area contributed by atoms with Gasteiger partial charge in [-0.05, 0) is 5.92 Å². The molecule has 0 aromatic rings. The molecule has 0 heterocycles. The SMILES string of the molecule is CN(CC#CC[NH+](C)C)C(=O)C(F)(F)F. The summed E-state index contributed by atoms with van der Waals surface area (Å²) in [5, 5.41) is 0. The van der Waals surface area contributed by atoms with Crippen molar-refractivity contribution in [1.29, 1.82) is 0 Å². The summed E-state index contributed by atoms with van der Waals surface area (Å²) in [4.78, 5) is 12.3. The van der Waals surface area contributed by atoms with E-state index >= 15 is 0 Å². The second kappa shape index (κ2) is 5.61. The Morgan fingerprint density at radius 1 is 1.33 bits per heavy atom. The molecule has 0 rings (SSSR count). The average Bonchev–Trinajstić information content (AvgIpc) is 2.09. The van der Waals surface area contributed by atoms with Crippen LogP contribution in [0.5, 0.6) is 0 Å². The molecule has 0 aromatic carbocycles. The van der Waals surface area contributed by atoms with Crippen LogP contribution in [-0.4, -0.2) is 51.2 Å². The van der Waals surface area contributed by atoms with E-state index in [1.165, 1.54) is 0 Å². The lowest BCUT2D eigenvalue weighted by Gasteiger charge is -2.15. The third-order valence-electron chi connectivity index (χ3n) is 1.47. The smallest absolute Gasteiger partial charge is 0.330 e. The number of carbonyl (C=O) groups excluding carboxylic acids is 1. The van der Waals surface area contributed by atoms with E-state index in [0.717, 1.165) is 11.9 Å². The number of amides is 1. The Hall–Kier alpha value is -1.22. The van der Waals surface area contributed by atoms with Crippen molar-refractivity contribution in [3.05, 3.63) is 0 Å². The van der Waals surface area contributed by atoms with Gasteiger partial charge in [0.25, 0.3) is 0 Å². The van der Waals surface area contributed by atoms with E-state index in [2.05, 4.69) is 11.8 Å². The van der Waals surface area contributed by atoms with E-state index in [1.807, 2.05) is 14.1 Å². The van der Waals surface area contributed by atoms with Crippen molar-refractivity contribution in [3.63, 3.8) is 0 Å². The van der Waals surface area contributed by atoms with Gasteiger partial charge in [-0.3, -0.25) is 4.79 Å². The molecule has 0 aliphatic rings. The van der Waals surface area contributed by atoms with Crippen LogP contribution in [0.3, 0.4) is 0 Å². The lowest BCUT2D eigenvalue weighted by atomic mass is 10.4. The van der Waals surface area contributed by atoms with Crippen molar-refractivity contribution in [1.82, 2.24) is 4.90 Å².